The minimum Gasteiger partial charge on any atom is -0.355 e. The average molecular weight is 351 g/mol. The van der Waals surface area contributed by atoms with E-state index in [4.69, 9.17) is 0 Å². The van der Waals surface area contributed by atoms with Gasteiger partial charge in [-0.1, -0.05) is 61.5 Å². The lowest BCUT2D eigenvalue weighted by Gasteiger charge is -2.31. The number of rotatable bonds is 6. The quantitative estimate of drug-likeness (QED) is 0.850. The molecule has 0 saturated carbocycles. The molecular weight excluding hydrogens is 320 g/mol. The SMILES string of the molecule is Cc1ccccc1CN1CCC(C(=O)NCC(C)c2ccccc2)CC1. The molecule has 3 rings (SSSR count). The Morgan fingerprint density at radius 2 is 1.73 bits per heavy atom. The first kappa shape index (κ1) is 18.7. The third-order valence-corrected chi connectivity index (χ3v) is 5.56. The normalized spacial score (nSPS) is 17.0. The minimum absolute atomic E-state index is 0.158. The van der Waals surface area contributed by atoms with Crippen LogP contribution in [0.2, 0.25) is 0 Å². The molecule has 0 radical (unpaired) electrons. The van der Waals surface area contributed by atoms with Crippen LogP contribution in [0, 0.1) is 12.8 Å². The lowest BCUT2D eigenvalue weighted by atomic mass is 9.94. The van der Waals surface area contributed by atoms with E-state index in [0.717, 1.165) is 32.5 Å². The summed E-state index contributed by atoms with van der Waals surface area (Å²) >= 11 is 0. The van der Waals surface area contributed by atoms with E-state index >= 15 is 0 Å². The Bertz CT molecular complexity index is 705. The fourth-order valence-corrected chi connectivity index (χ4v) is 3.68. The Kier molecular flexibility index (Phi) is 6.45. The van der Waals surface area contributed by atoms with Crippen molar-refractivity contribution in [2.45, 2.75) is 39.2 Å². The van der Waals surface area contributed by atoms with Crippen LogP contribution >= 0.6 is 0 Å². The summed E-state index contributed by atoms with van der Waals surface area (Å²) in [7, 11) is 0. The molecule has 0 aliphatic carbocycles. The van der Waals surface area contributed by atoms with Crippen molar-refractivity contribution in [1.82, 2.24) is 10.2 Å². The molecule has 0 spiro atoms. The van der Waals surface area contributed by atoms with Gasteiger partial charge in [-0.15, -0.1) is 0 Å². The molecule has 1 unspecified atom stereocenters. The second-order valence-corrected chi connectivity index (χ2v) is 7.53. The van der Waals surface area contributed by atoms with E-state index in [1.807, 2.05) is 6.07 Å². The average Bonchev–Trinajstić information content (AvgIpc) is 2.69. The van der Waals surface area contributed by atoms with Crippen molar-refractivity contribution in [3.8, 4) is 0 Å². The molecule has 3 nitrogen and oxygen atoms in total. The highest BCUT2D eigenvalue weighted by atomic mass is 16.1. The Labute approximate surface area is 157 Å². The summed E-state index contributed by atoms with van der Waals surface area (Å²) < 4.78 is 0. The number of hydrogen-bond donors (Lipinski definition) is 1. The summed E-state index contributed by atoms with van der Waals surface area (Å²) in [6.07, 6.45) is 1.91. The van der Waals surface area contributed by atoms with E-state index in [1.165, 1.54) is 16.7 Å². The molecule has 1 saturated heterocycles. The van der Waals surface area contributed by atoms with Crippen LogP contribution in [0.4, 0.5) is 0 Å². The van der Waals surface area contributed by atoms with E-state index in [1.54, 1.807) is 0 Å². The van der Waals surface area contributed by atoms with Gasteiger partial charge in [0.15, 0.2) is 0 Å². The molecule has 26 heavy (non-hydrogen) atoms. The second kappa shape index (κ2) is 9.00. The first-order valence-electron chi connectivity index (χ1n) is 9.73. The number of aryl methyl sites for hydroxylation is 1. The van der Waals surface area contributed by atoms with E-state index in [2.05, 4.69) is 72.6 Å². The van der Waals surface area contributed by atoms with Crippen molar-refractivity contribution in [2.24, 2.45) is 5.92 Å². The van der Waals surface area contributed by atoms with Gasteiger partial charge in [0, 0.05) is 19.0 Å². The van der Waals surface area contributed by atoms with Crippen molar-refractivity contribution in [3.05, 3.63) is 71.3 Å². The Hall–Kier alpha value is -2.13. The maximum atomic E-state index is 12.5. The van der Waals surface area contributed by atoms with E-state index in [0.29, 0.717) is 12.5 Å². The van der Waals surface area contributed by atoms with Gasteiger partial charge in [-0.05, 0) is 55.5 Å². The largest absolute Gasteiger partial charge is 0.355 e. The molecule has 3 heteroatoms. The predicted octanol–water partition coefficient (Wildman–Crippen LogP) is 4.13. The van der Waals surface area contributed by atoms with Gasteiger partial charge >= 0.3 is 0 Å². The Morgan fingerprint density at radius 3 is 2.42 bits per heavy atom. The molecule has 1 aliphatic rings. The third-order valence-electron chi connectivity index (χ3n) is 5.56. The molecule has 1 fully saturated rings. The third kappa shape index (κ3) is 4.95. The molecule has 0 bridgehead atoms. The smallest absolute Gasteiger partial charge is 0.223 e. The van der Waals surface area contributed by atoms with Gasteiger partial charge in [0.05, 0.1) is 0 Å². The van der Waals surface area contributed by atoms with Gasteiger partial charge < -0.3 is 5.32 Å². The highest BCUT2D eigenvalue weighted by Gasteiger charge is 2.25. The molecule has 2 aromatic carbocycles. The fourth-order valence-electron chi connectivity index (χ4n) is 3.68. The van der Waals surface area contributed by atoms with Crippen LogP contribution < -0.4 is 5.32 Å². The maximum absolute atomic E-state index is 12.5. The molecule has 138 valence electrons. The second-order valence-electron chi connectivity index (χ2n) is 7.53. The van der Waals surface area contributed by atoms with Gasteiger partial charge in [-0.3, -0.25) is 9.69 Å². The van der Waals surface area contributed by atoms with Crippen LogP contribution in [0.3, 0.4) is 0 Å². The summed E-state index contributed by atoms with van der Waals surface area (Å²) in [4.78, 5) is 15.0. The van der Waals surface area contributed by atoms with Crippen LogP contribution in [0.1, 0.15) is 42.4 Å². The predicted molar refractivity (Wildman–Crippen MR) is 107 cm³/mol. The van der Waals surface area contributed by atoms with Crippen molar-refractivity contribution in [1.29, 1.82) is 0 Å². The van der Waals surface area contributed by atoms with Crippen LogP contribution in [-0.2, 0) is 11.3 Å². The van der Waals surface area contributed by atoms with Crippen molar-refractivity contribution in [3.63, 3.8) is 0 Å². The molecule has 1 aliphatic heterocycles. The van der Waals surface area contributed by atoms with Crippen molar-refractivity contribution in [2.75, 3.05) is 19.6 Å². The van der Waals surface area contributed by atoms with E-state index in [-0.39, 0.29) is 11.8 Å². The lowest BCUT2D eigenvalue weighted by molar-refractivity contribution is -0.126. The van der Waals surface area contributed by atoms with E-state index in [9.17, 15) is 4.79 Å². The van der Waals surface area contributed by atoms with E-state index < -0.39 is 0 Å². The van der Waals surface area contributed by atoms with Gasteiger partial charge in [-0.25, -0.2) is 0 Å². The first-order chi connectivity index (χ1) is 12.6. The molecule has 1 heterocycles. The number of likely N-dealkylation sites (tertiary alicyclic amines) is 1. The standard InChI is InChI=1S/C23H30N2O/c1-18-8-6-7-11-22(18)17-25-14-12-21(13-15-25)23(26)24-16-19(2)20-9-4-3-5-10-20/h3-11,19,21H,12-17H2,1-2H3,(H,24,26). The fraction of sp³-hybridized carbons (Fsp3) is 0.435. The summed E-state index contributed by atoms with van der Waals surface area (Å²) in [5, 5.41) is 3.17. The zero-order valence-electron chi connectivity index (χ0n) is 15.9. The molecule has 1 N–H and O–H groups in total. The molecular formula is C23H30N2O. The van der Waals surface area contributed by atoms with Gasteiger partial charge in [0.2, 0.25) is 5.91 Å². The highest BCUT2D eigenvalue weighted by Crippen LogP contribution is 2.21. The summed E-state index contributed by atoms with van der Waals surface area (Å²) in [5.41, 5.74) is 4.02. The van der Waals surface area contributed by atoms with Gasteiger partial charge in [0.25, 0.3) is 0 Å². The minimum atomic E-state index is 0.158. The van der Waals surface area contributed by atoms with Crippen LogP contribution in [0.15, 0.2) is 54.6 Å². The zero-order valence-corrected chi connectivity index (χ0v) is 15.9. The Balaban J connectivity index is 1.43. The number of carbonyl (C=O) groups excluding carboxylic acids is 1. The monoisotopic (exact) mass is 350 g/mol. The molecule has 1 amide bonds. The first-order valence-corrected chi connectivity index (χ1v) is 9.73. The number of nitrogens with zero attached hydrogens (tertiary/aromatic N) is 1. The number of amides is 1. The number of nitrogens with one attached hydrogen (secondary N) is 1. The van der Waals surface area contributed by atoms with Gasteiger partial charge in [0.1, 0.15) is 0 Å². The summed E-state index contributed by atoms with van der Waals surface area (Å²) in [5.74, 6) is 0.732. The number of piperidine rings is 1. The highest BCUT2D eigenvalue weighted by molar-refractivity contribution is 5.78. The van der Waals surface area contributed by atoms with Gasteiger partial charge in [-0.2, -0.15) is 0 Å². The molecule has 1 atom stereocenters. The Morgan fingerprint density at radius 1 is 1.08 bits per heavy atom. The van der Waals surface area contributed by atoms with Crippen LogP contribution in [0.5, 0.6) is 0 Å². The summed E-state index contributed by atoms with van der Waals surface area (Å²) in [6.45, 7) is 8.05. The topological polar surface area (TPSA) is 32.3 Å². The number of hydrogen-bond acceptors (Lipinski definition) is 2. The lowest BCUT2D eigenvalue weighted by Crippen LogP contribution is -2.41. The summed E-state index contributed by atoms with van der Waals surface area (Å²) in [6, 6.07) is 19.0. The zero-order chi connectivity index (χ0) is 18.4. The van der Waals surface area contributed by atoms with Crippen molar-refractivity contribution < 1.29 is 4.79 Å². The number of benzene rings is 2. The van der Waals surface area contributed by atoms with Crippen LogP contribution in [0.25, 0.3) is 0 Å². The van der Waals surface area contributed by atoms with Crippen molar-refractivity contribution >= 4 is 5.91 Å². The number of carbonyl (C=O) groups is 1. The molecule has 2 aromatic rings. The van der Waals surface area contributed by atoms with Crippen LogP contribution in [-0.4, -0.2) is 30.4 Å². The molecule has 0 aromatic heterocycles. The maximum Gasteiger partial charge on any atom is 0.223 e.